The van der Waals surface area contributed by atoms with Crippen molar-refractivity contribution in [2.75, 3.05) is 12.4 Å². The molecule has 3 N–H and O–H groups in total. The van der Waals surface area contributed by atoms with Crippen molar-refractivity contribution in [3.63, 3.8) is 0 Å². The highest BCUT2D eigenvalue weighted by molar-refractivity contribution is 7.99. The highest BCUT2D eigenvalue weighted by atomic mass is 32.2. The van der Waals surface area contributed by atoms with E-state index in [0.29, 0.717) is 29.9 Å². The summed E-state index contributed by atoms with van der Waals surface area (Å²) in [5.41, 5.74) is 5.25. The van der Waals surface area contributed by atoms with Gasteiger partial charge in [-0.25, -0.2) is 0 Å². The minimum Gasteiger partial charge on any atom is -0.376 e. The van der Waals surface area contributed by atoms with Gasteiger partial charge >= 0.3 is 0 Å². The van der Waals surface area contributed by atoms with Crippen LogP contribution in [0.1, 0.15) is 45.9 Å². The third-order valence-corrected chi connectivity index (χ3v) is 5.49. The van der Waals surface area contributed by atoms with Crippen molar-refractivity contribution in [1.29, 1.82) is 0 Å². The molecule has 2 amide bonds. The molecule has 2 heterocycles. The lowest BCUT2D eigenvalue weighted by Crippen LogP contribution is -2.37. The molecule has 2 rings (SSSR count). The van der Waals surface area contributed by atoms with Crippen LogP contribution in [0.25, 0.3) is 0 Å². The van der Waals surface area contributed by atoms with E-state index in [2.05, 4.69) is 29.4 Å². The predicted octanol–water partition coefficient (Wildman–Crippen LogP) is 1.13. The average molecular weight is 384 g/mol. The van der Waals surface area contributed by atoms with Crippen LogP contribution in [0.5, 0.6) is 0 Å². The van der Waals surface area contributed by atoms with Gasteiger partial charge in [-0.2, -0.15) is 0 Å². The standard InChI is InChI=1S/C17H29N5O3S/c1-11(2)12(3)19-16(24)10-26-17-21-20-15(7-6-14(18)23)22(17)9-13-5-4-8-25-13/h11-13H,4-10H2,1-3H3,(H2,18,23)(H,19,24). The maximum Gasteiger partial charge on any atom is 0.230 e. The van der Waals surface area contributed by atoms with Crippen LogP contribution in [0.3, 0.4) is 0 Å². The Morgan fingerprint density at radius 1 is 1.38 bits per heavy atom. The molecule has 0 spiro atoms. The first-order valence-electron chi connectivity index (χ1n) is 9.11. The molecule has 0 saturated carbocycles. The van der Waals surface area contributed by atoms with Gasteiger partial charge in [0.1, 0.15) is 5.82 Å². The number of aromatic nitrogens is 3. The number of primary amides is 1. The van der Waals surface area contributed by atoms with E-state index in [9.17, 15) is 9.59 Å². The van der Waals surface area contributed by atoms with Crippen LogP contribution >= 0.6 is 11.8 Å². The largest absolute Gasteiger partial charge is 0.376 e. The molecule has 1 aliphatic heterocycles. The summed E-state index contributed by atoms with van der Waals surface area (Å²) in [4.78, 5) is 23.2. The van der Waals surface area contributed by atoms with Gasteiger partial charge in [-0.3, -0.25) is 9.59 Å². The first-order chi connectivity index (χ1) is 12.4. The van der Waals surface area contributed by atoms with Crippen molar-refractivity contribution in [1.82, 2.24) is 20.1 Å². The van der Waals surface area contributed by atoms with Crippen LogP contribution in [-0.4, -0.2) is 51.1 Å². The number of nitrogens with one attached hydrogen (secondary N) is 1. The summed E-state index contributed by atoms with van der Waals surface area (Å²) >= 11 is 1.35. The summed E-state index contributed by atoms with van der Waals surface area (Å²) in [6, 6.07) is 0.124. The quantitative estimate of drug-likeness (QED) is 0.586. The Bertz CT molecular complexity index is 614. The van der Waals surface area contributed by atoms with Crippen molar-refractivity contribution in [3.8, 4) is 0 Å². The minimum absolute atomic E-state index is 0.0263. The van der Waals surface area contributed by atoms with Crippen molar-refractivity contribution in [3.05, 3.63) is 5.82 Å². The molecule has 1 saturated heterocycles. The van der Waals surface area contributed by atoms with E-state index in [1.807, 2.05) is 11.5 Å². The van der Waals surface area contributed by atoms with E-state index in [1.54, 1.807) is 0 Å². The Morgan fingerprint density at radius 3 is 2.77 bits per heavy atom. The summed E-state index contributed by atoms with van der Waals surface area (Å²) < 4.78 is 7.67. The fraction of sp³-hybridized carbons (Fsp3) is 0.765. The molecule has 0 radical (unpaired) electrons. The third kappa shape index (κ3) is 6.28. The monoisotopic (exact) mass is 383 g/mol. The van der Waals surface area contributed by atoms with Crippen LogP contribution in [0.2, 0.25) is 0 Å². The molecule has 9 heteroatoms. The van der Waals surface area contributed by atoms with Crippen molar-refractivity contribution < 1.29 is 14.3 Å². The number of rotatable bonds is 10. The van der Waals surface area contributed by atoms with Gasteiger partial charge in [0.05, 0.1) is 18.4 Å². The van der Waals surface area contributed by atoms with E-state index in [-0.39, 0.29) is 36.1 Å². The second-order valence-corrected chi connectivity index (χ2v) is 7.94. The average Bonchev–Trinajstić information content (AvgIpc) is 3.21. The van der Waals surface area contributed by atoms with Crippen LogP contribution in [0, 0.1) is 5.92 Å². The summed E-state index contributed by atoms with van der Waals surface area (Å²) in [6.07, 6.45) is 2.81. The SMILES string of the molecule is CC(C)C(C)NC(=O)CSc1nnc(CCC(N)=O)n1CC1CCCO1. The highest BCUT2D eigenvalue weighted by Gasteiger charge is 2.22. The number of nitrogens with two attached hydrogens (primary N) is 1. The number of nitrogens with zero attached hydrogens (tertiary/aromatic N) is 3. The molecular formula is C17H29N5O3S. The summed E-state index contributed by atoms with van der Waals surface area (Å²) in [6.45, 7) is 7.53. The zero-order valence-corrected chi connectivity index (χ0v) is 16.6. The number of aryl methyl sites for hydroxylation is 1. The van der Waals surface area contributed by atoms with Gasteiger partial charge in [0.15, 0.2) is 5.16 Å². The number of amides is 2. The van der Waals surface area contributed by atoms with Crippen molar-refractivity contribution >= 4 is 23.6 Å². The molecule has 8 nitrogen and oxygen atoms in total. The lowest BCUT2D eigenvalue weighted by molar-refractivity contribution is -0.119. The molecule has 1 aliphatic rings. The maximum absolute atomic E-state index is 12.1. The zero-order chi connectivity index (χ0) is 19.1. The van der Waals surface area contributed by atoms with Gasteiger partial charge < -0.3 is 20.4 Å². The number of carbonyl (C=O) groups is 2. The Morgan fingerprint density at radius 2 is 2.15 bits per heavy atom. The van der Waals surface area contributed by atoms with Crippen molar-refractivity contribution in [2.45, 2.75) is 70.3 Å². The van der Waals surface area contributed by atoms with Gasteiger partial charge in [-0.15, -0.1) is 10.2 Å². The third-order valence-electron chi connectivity index (χ3n) is 4.52. The zero-order valence-electron chi connectivity index (χ0n) is 15.7. The Kier molecular flexibility index (Phi) is 7.89. The molecule has 1 aromatic rings. The number of thioether (sulfide) groups is 1. The molecule has 0 aromatic carbocycles. The molecule has 146 valence electrons. The van der Waals surface area contributed by atoms with Gasteiger partial charge in [-0.1, -0.05) is 25.6 Å². The fourth-order valence-corrected chi connectivity index (χ4v) is 3.39. The smallest absolute Gasteiger partial charge is 0.230 e. The summed E-state index contributed by atoms with van der Waals surface area (Å²) in [5.74, 6) is 0.969. The lowest BCUT2D eigenvalue weighted by Gasteiger charge is -2.17. The van der Waals surface area contributed by atoms with Crippen LogP contribution in [0.15, 0.2) is 5.16 Å². The normalized spacial score (nSPS) is 18.2. The van der Waals surface area contributed by atoms with Crippen molar-refractivity contribution in [2.24, 2.45) is 11.7 Å². The number of hydrogen-bond donors (Lipinski definition) is 2. The molecular weight excluding hydrogens is 354 g/mol. The molecule has 2 atom stereocenters. The Hall–Kier alpha value is -1.61. The van der Waals surface area contributed by atoms with E-state index in [1.165, 1.54) is 11.8 Å². The lowest BCUT2D eigenvalue weighted by atomic mass is 10.1. The molecule has 1 fully saturated rings. The fourth-order valence-electron chi connectivity index (χ4n) is 2.61. The van der Waals surface area contributed by atoms with Crippen LogP contribution in [-0.2, 0) is 27.3 Å². The minimum atomic E-state index is -0.368. The van der Waals surface area contributed by atoms with E-state index in [0.717, 1.165) is 19.4 Å². The Labute approximate surface area is 158 Å². The van der Waals surface area contributed by atoms with E-state index >= 15 is 0 Å². The highest BCUT2D eigenvalue weighted by Crippen LogP contribution is 2.22. The summed E-state index contributed by atoms with van der Waals surface area (Å²) in [5, 5.41) is 12.1. The first kappa shape index (κ1) is 20.7. The van der Waals surface area contributed by atoms with Crippen LogP contribution in [0.4, 0.5) is 0 Å². The van der Waals surface area contributed by atoms with E-state index in [4.69, 9.17) is 10.5 Å². The van der Waals surface area contributed by atoms with Gasteiger partial charge in [0.25, 0.3) is 0 Å². The van der Waals surface area contributed by atoms with Gasteiger partial charge in [-0.05, 0) is 25.7 Å². The number of hydrogen-bond acceptors (Lipinski definition) is 6. The maximum atomic E-state index is 12.1. The molecule has 2 unspecified atom stereocenters. The number of ether oxygens (including phenoxy) is 1. The first-order valence-corrected chi connectivity index (χ1v) is 10.1. The molecule has 0 aliphatic carbocycles. The predicted molar refractivity (Wildman–Crippen MR) is 99.7 cm³/mol. The number of carbonyl (C=O) groups excluding carboxylic acids is 2. The molecule has 0 bridgehead atoms. The van der Waals surface area contributed by atoms with E-state index < -0.39 is 0 Å². The van der Waals surface area contributed by atoms with Crippen LogP contribution < -0.4 is 11.1 Å². The second kappa shape index (κ2) is 9.91. The van der Waals surface area contributed by atoms with Gasteiger partial charge in [0, 0.05) is 25.5 Å². The summed E-state index contributed by atoms with van der Waals surface area (Å²) in [7, 11) is 0. The molecule has 1 aromatic heterocycles. The topological polar surface area (TPSA) is 112 Å². The molecule has 26 heavy (non-hydrogen) atoms. The second-order valence-electron chi connectivity index (χ2n) is 7.00. The Balaban J connectivity index is 2.01. The van der Waals surface area contributed by atoms with Gasteiger partial charge in [0.2, 0.25) is 11.8 Å².